The van der Waals surface area contributed by atoms with Gasteiger partial charge in [-0.25, -0.2) is 4.39 Å². The summed E-state index contributed by atoms with van der Waals surface area (Å²) in [7, 11) is 0. The van der Waals surface area contributed by atoms with Gasteiger partial charge in [0.2, 0.25) is 5.91 Å². The van der Waals surface area contributed by atoms with Crippen molar-refractivity contribution in [2.24, 2.45) is 0 Å². The summed E-state index contributed by atoms with van der Waals surface area (Å²) in [6.07, 6.45) is -1.92. The predicted octanol–water partition coefficient (Wildman–Crippen LogP) is 1.74. The maximum Gasteiger partial charge on any atom is 0.443 e. The lowest BCUT2D eigenvalue weighted by Crippen LogP contribution is -2.47. The zero-order chi connectivity index (χ0) is 19.7. The van der Waals surface area contributed by atoms with E-state index >= 15 is 0 Å². The van der Waals surface area contributed by atoms with E-state index in [-0.39, 0.29) is 24.6 Å². The van der Waals surface area contributed by atoms with Crippen LogP contribution < -0.4 is 15.0 Å². The molecule has 140 valence electrons. The number of carbonyl (C=O) groups excluding carboxylic acids is 1. The minimum Gasteiger partial charge on any atom is -0.485 e. The molecule has 1 heterocycles. The average molecular weight is 374 g/mol. The molecule has 26 heavy (non-hydrogen) atoms. The molecule has 10 heteroatoms. The van der Waals surface area contributed by atoms with Gasteiger partial charge in [-0.1, -0.05) is 12.5 Å². The zero-order valence-electron chi connectivity index (χ0n) is 13.2. The van der Waals surface area contributed by atoms with Crippen molar-refractivity contribution in [2.45, 2.75) is 18.4 Å². The highest BCUT2D eigenvalue weighted by Gasteiger charge is 2.54. The fourth-order valence-corrected chi connectivity index (χ4v) is 2.18. The van der Waals surface area contributed by atoms with Crippen molar-refractivity contribution in [3.8, 4) is 18.1 Å². The first-order valence-electron chi connectivity index (χ1n) is 7.12. The molecule has 0 saturated carbocycles. The van der Waals surface area contributed by atoms with Crippen LogP contribution in [0, 0.1) is 18.2 Å². The minimum atomic E-state index is -5.45. The first-order chi connectivity index (χ1) is 12.0. The Morgan fingerprint density at radius 1 is 1.42 bits per heavy atom. The van der Waals surface area contributed by atoms with Crippen molar-refractivity contribution in [3.63, 3.8) is 0 Å². The average Bonchev–Trinajstić information content (AvgIpc) is 2.50. The van der Waals surface area contributed by atoms with Crippen LogP contribution in [0.15, 0.2) is 24.4 Å². The van der Waals surface area contributed by atoms with Crippen LogP contribution in [0.4, 0.5) is 28.9 Å². The van der Waals surface area contributed by atoms with Crippen LogP contribution in [0.2, 0.25) is 0 Å². The summed E-state index contributed by atoms with van der Waals surface area (Å²) in [5.74, 6) is -4.21. The normalized spacial score (nSPS) is 14.3. The maximum absolute atomic E-state index is 14.1. The predicted molar refractivity (Wildman–Crippen MR) is 83.7 cm³/mol. The number of aliphatic hydroxyl groups is 2. The van der Waals surface area contributed by atoms with E-state index in [1.165, 1.54) is 4.90 Å². The summed E-state index contributed by atoms with van der Waals surface area (Å²) < 4.78 is 56.6. The lowest BCUT2D eigenvalue weighted by molar-refractivity contribution is -0.347. The molecule has 0 spiro atoms. The summed E-state index contributed by atoms with van der Waals surface area (Å²) in [6, 6.07) is 2.03. The Morgan fingerprint density at radius 3 is 2.65 bits per heavy atom. The van der Waals surface area contributed by atoms with Crippen LogP contribution in [0.25, 0.3) is 0 Å². The number of hydrogen-bond donors (Lipinski definition) is 3. The number of halogens is 4. The number of nitrogens with zero attached hydrogens (tertiary/aromatic N) is 1. The molecule has 0 aromatic heterocycles. The number of carbonyl (C=O) groups is 1. The third kappa shape index (κ3) is 3.89. The van der Waals surface area contributed by atoms with Crippen LogP contribution in [0.5, 0.6) is 5.75 Å². The fourth-order valence-electron chi connectivity index (χ4n) is 2.18. The monoisotopic (exact) mass is 374 g/mol. The van der Waals surface area contributed by atoms with E-state index < -0.39 is 35.8 Å². The molecule has 0 aliphatic carbocycles. The van der Waals surface area contributed by atoms with Gasteiger partial charge in [0.15, 0.2) is 5.82 Å². The number of hydrogen-bond acceptors (Lipinski definition) is 5. The maximum atomic E-state index is 14.1. The smallest absolute Gasteiger partial charge is 0.443 e. The molecule has 2 rings (SSSR count). The number of nitrogens with one attached hydrogen (secondary N) is 1. The van der Waals surface area contributed by atoms with Gasteiger partial charge < -0.3 is 25.2 Å². The first-order valence-corrected chi connectivity index (χ1v) is 7.12. The number of amides is 1. The van der Waals surface area contributed by atoms with Gasteiger partial charge in [-0.3, -0.25) is 4.79 Å². The van der Waals surface area contributed by atoms with Gasteiger partial charge in [0.1, 0.15) is 12.4 Å². The largest absolute Gasteiger partial charge is 0.485 e. The summed E-state index contributed by atoms with van der Waals surface area (Å²) in [6.45, 7) is 3.86. The Labute approximate surface area is 145 Å². The van der Waals surface area contributed by atoms with Crippen LogP contribution in [0.3, 0.4) is 0 Å². The SMILES string of the molecule is C#CCN1C(=C)COc2cc(F)c(NC(=O)CC(O)(O)C(F)(F)F)cc21. The summed E-state index contributed by atoms with van der Waals surface area (Å²) in [4.78, 5) is 13.2. The highest BCUT2D eigenvalue weighted by atomic mass is 19.4. The van der Waals surface area contributed by atoms with Gasteiger partial charge in [-0.05, 0) is 6.07 Å². The Bertz CT molecular complexity index is 784. The highest BCUT2D eigenvalue weighted by molar-refractivity contribution is 5.92. The molecule has 0 unspecified atom stereocenters. The van der Waals surface area contributed by atoms with E-state index in [2.05, 4.69) is 12.5 Å². The number of rotatable bonds is 4. The van der Waals surface area contributed by atoms with E-state index in [0.29, 0.717) is 5.70 Å². The lowest BCUT2D eigenvalue weighted by Gasteiger charge is -2.32. The van der Waals surface area contributed by atoms with E-state index in [4.69, 9.17) is 21.4 Å². The van der Waals surface area contributed by atoms with Gasteiger partial charge in [0, 0.05) is 11.8 Å². The van der Waals surface area contributed by atoms with Gasteiger partial charge in [-0.15, -0.1) is 6.42 Å². The molecule has 1 amide bonds. The molecule has 1 aromatic carbocycles. The van der Waals surface area contributed by atoms with Crippen molar-refractivity contribution in [3.05, 3.63) is 30.2 Å². The minimum absolute atomic E-state index is 0.0585. The van der Waals surface area contributed by atoms with Crippen molar-refractivity contribution >= 4 is 17.3 Å². The Hall–Kier alpha value is -2.77. The van der Waals surface area contributed by atoms with Crippen molar-refractivity contribution in [1.29, 1.82) is 0 Å². The number of alkyl halides is 3. The molecule has 1 aliphatic rings. The second-order valence-electron chi connectivity index (χ2n) is 5.48. The van der Waals surface area contributed by atoms with Gasteiger partial charge >= 0.3 is 6.18 Å². The van der Waals surface area contributed by atoms with Crippen LogP contribution in [-0.4, -0.2) is 41.2 Å². The number of ether oxygens (including phenoxy) is 1. The zero-order valence-corrected chi connectivity index (χ0v) is 13.2. The van der Waals surface area contributed by atoms with Crippen molar-refractivity contribution in [1.82, 2.24) is 0 Å². The van der Waals surface area contributed by atoms with Gasteiger partial charge in [-0.2, -0.15) is 13.2 Å². The van der Waals surface area contributed by atoms with Crippen molar-refractivity contribution < 1.29 is 37.3 Å². The number of terminal acetylenes is 1. The standard InChI is InChI=1S/C16H14F4N2O4/c1-3-4-22-9(2)8-26-13-5-10(17)11(6-12(13)22)21-14(23)7-15(24,25)16(18,19)20/h1,5-6,24-25H,2,4,7-8H2,(H,21,23). The molecule has 6 nitrogen and oxygen atoms in total. The molecule has 3 N–H and O–H groups in total. The fraction of sp³-hybridized carbons (Fsp3) is 0.312. The molecule has 0 radical (unpaired) electrons. The Kier molecular flexibility index (Phi) is 5.16. The second kappa shape index (κ2) is 6.86. The summed E-state index contributed by atoms with van der Waals surface area (Å²) >= 11 is 0. The third-order valence-corrected chi connectivity index (χ3v) is 3.50. The molecular weight excluding hydrogens is 360 g/mol. The van der Waals surface area contributed by atoms with Gasteiger partial charge in [0.25, 0.3) is 5.79 Å². The number of fused-ring (bicyclic) bond motifs is 1. The molecule has 0 fully saturated rings. The number of benzene rings is 1. The lowest BCUT2D eigenvalue weighted by atomic mass is 10.1. The second-order valence-corrected chi connectivity index (χ2v) is 5.48. The first kappa shape index (κ1) is 19.6. The molecule has 0 bridgehead atoms. The summed E-state index contributed by atoms with van der Waals surface area (Å²) in [5, 5.41) is 19.7. The molecule has 1 aromatic rings. The summed E-state index contributed by atoms with van der Waals surface area (Å²) in [5.41, 5.74) is 0.235. The van der Waals surface area contributed by atoms with Crippen LogP contribution in [-0.2, 0) is 4.79 Å². The topological polar surface area (TPSA) is 82.0 Å². The van der Waals surface area contributed by atoms with E-state index in [9.17, 15) is 22.4 Å². The Morgan fingerprint density at radius 2 is 2.08 bits per heavy atom. The van der Waals surface area contributed by atoms with E-state index in [1.807, 2.05) is 5.32 Å². The molecular formula is C16H14F4N2O4. The van der Waals surface area contributed by atoms with E-state index in [0.717, 1.165) is 12.1 Å². The third-order valence-electron chi connectivity index (χ3n) is 3.50. The highest BCUT2D eigenvalue weighted by Crippen LogP contribution is 2.38. The molecule has 1 aliphatic heterocycles. The van der Waals surface area contributed by atoms with Gasteiger partial charge in [0.05, 0.1) is 24.3 Å². The number of anilines is 2. The molecule has 0 atom stereocenters. The van der Waals surface area contributed by atoms with E-state index in [1.54, 1.807) is 0 Å². The Balaban J connectivity index is 2.27. The van der Waals surface area contributed by atoms with Crippen molar-refractivity contribution in [2.75, 3.05) is 23.4 Å². The molecule has 0 saturated heterocycles. The van der Waals surface area contributed by atoms with Crippen LogP contribution in [0.1, 0.15) is 6.42 Å². The quantitative estimate of drug-likeness (QED) is 0.425. The van der Waals surface area contributed by atoms with Crippen LogP contribution >= 0.6 is 0 Å².